The van der Waals surface area contributed by atoms with Crippen molar-refractivity contribution in [3.63, 3.8) is 0 Å². The first-order valence-electron chi connectivity index (χ1n) is 7.51. The number of fused-ring (bicyclic) bond motifs is 3. The van der Waals surface area contributed by atoms with E-state index in [9.17, 15) is 0 Å². The van der Waals surface area contributed by atoms with Gasteiger partial charge in [-0.2, -0.15) is 0 Å². The van der Waals surface area contributed by atoms with Crippen LogP contribution in [0.15, 0.2) is 53.4 Å². The molecule has 0 bridgehead atoms. The minimum absolute atomic E-state index is 0.471. The minimum atomic E-state index is 0.471. The summed E-state index contributed by atoms with van der Waals surface area (Å²) in [6.07, 6.45) is 3.23. The van der Waals surface area contributed by atoms with E-state index in [1.165, 1.54) is 0 Å². The van der Waals surface area contributed by atoms with Gasteiger partial charge < -0.3 is 4.42 Å². The average molecular weight is 352 g/mol. The van der Waals surface area contributed by atoms with Crippen molar-refractivity contribution in [2.45, 2.75) is 6.54 Å². The molecule has 0 aliphatic heterocycles. The van der Waals surface area contributed by atoms with Gasteiger partial charge in [0.2, 0.25) is 5.82 Å². The molecule has 122 valence electrons. The lowest BCUT2D eigenvalue weighted by Crippen LogP contribution is -2.04. The van der Waals surface area contributed by atoms with E-state index in [0.717, 1.165) is 5.56 Å². The average Bonchev–Trinajstić information content (AvgIpc) is 3.34. The van der Waals surface area contributed by atoms with Crippen LogP contribution in [0, 0.1) is 0 Å². The first kappa shape index (κ1) is 14.1. The van der Waals surface area contributed by atoms with E-state index in [2.05, 4.69) is 25.5 Å². The van der Waals surface area contributed by atoms with Crippen molar-refractivity contribution in [1.82, 2.24) is 34.6 Å². The van der Waals surface area contributed by atoms with Crippen LogP contribution in [0.4, 0.5) is 0 Å². The second-order valence-corrected chi connectivity index (χ2v) is 5.86. The summed E-state index contributed by atoms with van der Waals surface area (Å²) in [6.45, 7) is 0.471. The molecular formula is C16H10ClN7O. The van der Waals surface area contributed by atoms with Gasteiger partial charge in [-0.15, -0.1) is 15.3 Å². The molecule has 0 N–H and O–H groups in total. The largest absolute Gasteiger partial charge is 0.461 e. The van der Waals surface area contributed by atoms with Crippen molar-refractivity contribution in [3.8, 4) is 11.6 Å². The molecular weight excluding hydrogens is 342 g/mol. The molecule has 0 amide bonds. The molecule has 0 saturated carbocycles. The molecule has 8 nitrogen and oxygen atoms in total. The van der Waals surface area contributed by atoms with Gasteiger partial charge in [-0.3, -0.25) is 4.40 Å². The van der Waals surface area contributed by atoms with Crippen LogP contribution in [-0.2, 0) is 6.54 Å². The molecule has 0 aliphatic rings. The molecule has 0 unspecified atom stereocenters. The predicted molar refractivity (Wildman–Crippen MR) is 90.1 cm³/mol. The molecule has 25 heavy (non-hydrogen) atoms. The lowest BCUT2D eigenvalue weighted by Gasteiger charge is -2.04. The molecule has 0 aliphatic carbocycles. The molecule has 0 radical (unpaired) electrons. The van der Waals surface area contributed by atoms with Crippen LogP contribution in [0.25, 0.3) is 28.4 Å². The molecule has 5 aromatic rings. The van der Waals surface area contributed by atoms with Gasteiger partial charge in [0.05, 0.1) is 12.8 Å². The van der Waals surface area contributed by atoms with Crippen LogP contribution in [0.3, 0.4) is 0 Å². The van der Waals surface area contributed by atoms with Gasteiger partial charge in [-0.25, -0.2) is 9.67 Å². The van der Waals surface area contributed by atoms with Gasteiger partial charge in [0.1, 0.15) is 6.33 Å². The highest BCUT2D eigenvalue weighted by molar-refractivity contribution is 6.31. The molecule has 5 rings (SSSR count). The van der Waals surface area contributed by atoms with E-state index in [0.29, 0.717) is 40.0 Å². The summed E-state index contributed by atoms with van der Waals surface area (Å²) in [5, 5.41) is 17.5. The van der Waals surface area contributed by atoms with E-state index in [4.69, 9.17) is 16.0 Å². The summed E-state index contributed by atoms with van der Waals surface area (Å²) in [7, 11) is 0. The molecule has 0 atom stereocenters. The maximum absolute atomic E-state index is 6.23. The van der Waals surface area contributed by atoms with Gasteiger partial charge in [0.25, 0.3) is 0 Å². The normalized spacial score (nSPS) is 11.6. The van der Waals surface area contributed by atoms with Crippen molar-refractivity contribution in [1.29, 1.82) is 0 Å². The number of halogens is 1. The second-order valence-electron chi connectivity index (χ2n) is 5.45. The summed E-state index contributed by atoms with van der Waals surface area (Å²) >= 11 is 6.23. The third kappa shape index (κ3) is 2.18. The van der Waals surface area contributed by atoms with Crippen LogP contribution in [0.1, 0.15) is 5.56 Å². The van der Waals surface area contributed by atoms with Gasteiger partial charge in [0, 0.05) is 5.02 Å². The Bertz CT molecular complexity index is 1190. The maximum atomic E-state index is 6.23. The van der Waals surface area contributed by atoms with Crippen molar-refractivity contribution in [2.75, 3.05) is 0 Å². The Morgan fingerprint density at radius 1 is 1.00 bits per heavy atom. The van der Waals surface area contributed by atoms with E-state index in [1.807, 2.05) is 30.3 Å². The first-order chi connectivity index (χ1) is 12.3. The Balaban J connectivity index is 1.64. The fraction of sp³-hybridized carbons (Fsp3) is 0.0625. The van der Waals surface area contributed by atoms with Crippen LogP contribution in [-0.4, -0.2) is 34.6 Å². The first-order valence-corrected chi connectivity index (χ1v) is 7.89. The summed E-state index contributed by atoms with van der Waals surface area (Å²) in [5.74, 6) is 1.17. The Morgan fingerprint density at radius 2 is 1.92 bits per heavy atom. The Morgan fingerprint density at radius 3 is 2.76 bits per heavy atom. The zero-order chi connectivity index (χ0) is 16.8. The summed E-state index contributed by atoms with van der Waals surface area (Å²) in [6, 6.07) is 11.2. The number of benzene rings is 1. The highest BCUT2D eigenvalue weighted by Gasteiger charge is 2.17. The van der Waals surface area contributed by atoms with Crippen LogP contribution < -0.4 is 0 Å². The van der Waals surface area contributed by atoms with E-state index in [-0.39, 0.29) is 0 Å². The number of aromatic nitrogens is 7. The Hall–Kier alpha value is -3.26. The molecule has 0 spiro atoms. The monoisotopic (exact) mass is 351 g/mol. The van der Waals surface area contributed by atoms with Crippen LogP contribution >= 0.6 is 11.6 Å². The van der Waals surface area contributed by atoms with E-state index < -0.39 is 0 Å². The molecule has 0 fully saturated rings. The number of nitrogens with zero attached hydrogens (tertiary/aromatic N) is 7. The fourth-order valence-corrected chi connectivity index (χ4v) is 2.92. The van der Waals surface area contributed by atoms with Crippen molar-refractivity contribution >= 4 is 28.4 Å². The smallest absolute Gasteiger partial charge is 0.205 e. The number of hydrogen-bond acceptors (Lipinski definition) is 6. The van der Waals surface area contributed by atoms with Crippen molar-refractivity contribution in [2.24, 2.45) is 0 Å². The third-order valence-electron chi connectivity index (χ3n) is 3.93. The molecule has 4 aromatic heterocycles. The molecule has 9 heteroatoms. The summed E-state index contributed by atoms with van der Waals surface area (Å²) in [4.78, 5) is 4.47. The fourth-order valence-electron chi connectivity index (χ4n) is 2.72. The number of furan rings is 1. The molecule has 4 heterocycles. The lowest BCUT2D eigenvalue weighted by atomic mass is 10.2. The summed E-state index contributed by atoms with van der Waals surface area (Å²) < 4.78 is 8.81. The minimum Gasteiger partial charge on any atom is -0.461 e. The van der Waals surface area contributed by atoms with Crippen molar-refractivity contribution in [3.05, 3.63) is 59.6 Å². The predicted octanol–water partition coefficient (Wildman–Crippen LogP) is 2.83. The highest BCUT2D eigenvalue weighted by atomic mass is 35.5. The lowest BCUT2D eigenvalue weighted by molar-refractivity contribution is 0.576. The van der Waals surface area contributed by atoms with E-state index >= 15 is 0 Å². The SMILES string of the molecule is Clc1ccccc1Cn1nnc2c1ncn1c(-c3ccco3)nnc21. The third-order valence-corrected chi connectivity index (χ3v) is 4.30. The molecule has 1 aromatic carbocycles. The van der Waals surface area contributed by atoms with Gasteiger partial charge in [-0.05, 0) is 23.8 Å². The summed E-state index contributed by atoms with van der Waals surface area (Å²) in [5.41, 5.74) is 2.70. The topological polar surface area (TPSA) is 86.9 Å². The van der Waals surface area contributed by atoms with E-state index in [1.54, 1.807) is 27.7 Å². The van der Waals surface area contributed by atoms with Gasteiger partial charge in [-0.1, -0.05) is 35.0 Å². The van der Waals surface area contributed by atoms with Gasteiger partial charge in [0.15, 0.2) is 22.6 Å². The zero-order valence-corrected chi connectivity index (χ0v) is 13.5. The Labute approximate surface area is 145 Å². The standard InChI is InChI=1S/C16H10ClN7O/c17-11-5-2-1-4-10(11)8-24-15-13(19-22-24)16-21-20-14(23(16)9-18-15)12-6-3-7-25-12/h1-7,9H,8H2. The van der Waals surface area contributed by atoms with Gasteiger partial charge >= 0.3 is 0 Å². The maximum Gasteiger partial charge on any atom is 0.205 e. The van der Waals surface area contributed by atoms with Crippen molar-refractivity contribution < 1.29 is 4.42 Å². The van der Waals surface area contributed by atoms with Crippen LogP contribution in [0.2, 0.25) is 5.02 Å². The number of rotatable bonds is 3. The second kappa shape index (κ2) is 5.38. The Kier molecular flexibility index (Phi) is 3.04. The quantitative estimate of drug-likeness (QED) is 0.496. The van der Waals surface area contributed by atoms with Crippen LogP contribution in [0.5, 0.6) is 0 Å². The molecule has 0 saturated heterocycles. The highest BCUT2D eigenvalue weighted by Crippen LogP contribution is 2.22. The zero-order valence-electron chi connectivity index (χ0n) is 12.7. The number of hydrogen-bond donors (Lipinski definition) is 0.